The minimum Gasteiger partial charge on any atom is -0.381 e. The molecule has 2 unspecified atom stereocenters. The van der Waals surface area contributed by atoms with Crippen molar-refractivity contribution in [1.82, 2.24) is 4.90 Å². The van der Waals surface area contributed by atoms with Crippen molar-refractivity contribution >= 4 is 15.9 Å². The molecule has 2 nitrogen and oxygen atoms in total. The fraction of sp³-hybridized carbons (Fsp3) is 1.00. The zero-order chi connectivity index (χ0) is 9.10. The van der Waals surface area contributed by atoms with E-state index in [-0.39, 0.29) is 0 Å². The molecule has 0 aliphatic carbocycles. The maximum Gasteiger partial charge on any atom is 0.0510 e. The lowest BCUT2D eigenvalue weighted by Gasteiger charge is -2.33. The van der Waals surface area contributed by atoms with E-state index in [9.17, 15) is 0 Å². The molecule has 0 aromatic carbocycles. The number of hydrogen-bond donors (Lipinski definition) is 0. The number of rotatable bonds is 3. The van der Waals surface area contributed by atoms with Crippen LogP contribution in [-0.4, -0.2) is 43.1 Å². The third kappa shape index (κ3) is 2.45. The summed E-state index contributed by atoms with van der Waals surface area (Å²) in [5.74, 6) is 1.71. The van der Waals surface area contributed by atoms with Crippen molar-refractivity contribution in [3.8, 4) is 0 Å². The highest BCUT2D eigenvalue weighted by Crippen LogP contribution is 2.29. The van der Waals surface area contributed by atoms with Gasteiger partial charge in [-0.25, -0.2) is 0 Å². The zero-order valence-corrected chi connectivity index (χ0v) is 9.63. The second-order valence-electron chi connectivity index (χ2n) is 4.19. The number of nitrogens with zero attached hydrogens (tertiary/aromatic N) is 1. The Morgan fingerprint density at radius 1 is 1.31 bits per heavy atom. The summed E-state index contributed by atoms with van der Waals surface area (Å²) in [5, 5.41) is 1.13. The molecule has 0 saturated carbocycles. The molecule has 2 heterocycles. The van der Waals surface area contributed by atoms with E-state index < -0.39 is 0 Å². The molecule has 0 bridgehead atoms. The van der Waals surface area contributed by atoms with Gasteiger partial charge in [0, 0.05) is 24.4 Å². The van der Waals surface area contributed by atoms with Crippen molar-refractivity contribution in [2.75, 3.05) is 38.2 Å². The molecule has 2 atom stereocenters. The van der Waals surface area contributed by atoms with Crippen molar-refractivity contribution in [1.29, 1.82) is 0 Å². The molecule has 13 heavy (non-hydrogen) atoms. The molecule has 0 spiro atoms. The first-order chi connectivity index (χ1) is 6.40. The fourth-order valence-corrected chi connectivity index (χ4v) is 2.67. The molecule has 2 aliphatic rings. The average Bonchev–Trinajstić information content (AvgIpc) is 2.61. The van der Waals surface area contributed by atoms with Crippen molar-refractivity contribution in [3.63, 3.8) is 0 Å². The third-order valence-electron chi connectivity index (χ3n) is 3.25. The van der Waals surface area contributed by atoms with Gasteiger partial charge in [-0.2, -0.15) is 0 Å². The minimum absolute atomic E-state index is 0.837. The van der Waals surface area contributed by atoms with Crippen LogP contribution in [0.5, 0.6) is 0 Å². The standard InChI is InChI=1S/C10H18BrNO/c11-3-1-4-12-5-2-9-7-13-8-10(9)6-12/h9-10H,1-8H2. The number of alkyl halides is 1. The Kier molecular flexibility index (Phi) is 3.64. The van der Waals surface area contributed by atoms with Gasteiger partial charge in [-0.15, -0.1) is 0 Å². The fourth-order valence-electron chi connectivity index (χ4n) is 2.42. The number of halogens is 1. The smallest absolute Gasteiger partial charge is 0.0510 e. The number of piperidine rings is 1. The molecular weight excluding hydrogens is 230 g/mol. The molecule has 2 fully saturated rings. The van der Waals surface area contributed by atoms with Crippen LogP contribution in [0.2, 0.25) is 0 Å². The number of hydrogen-bond acceptors (Lipinski definition) is 2. The molecule has 0 aromatic rings. The summed E-state index contributed by atoms with van der Waals surface area (Å²) < 4.78 is 5.51. The lowest BCUT2D eigenvalue weighted by atomic mass is 9.89. The van der Waals surface area contributed by atoms with Crippen LogP contribution in [0.3, 0.4) is 0 Å². The third-order valence-corrected chi connectivity index (χ3v) is 3.81. The summed E-state index contributed by atoms with van der Waals surface area (Å²) in [5.41, 5.74) is 0. The molecular formula is C10H18BrNO. The van der Waals surface area contributed by atoms with Crippen molar-refractivity contribution in [2.45, 2.75) is 12.8 Å². The van der Waals surface area contributed by atoms with Crippen LogP contribution in [0.15, 0.2) is 0 Å². The van der Waals surface area contributed by atoms with Crippen LogP contribution in [0, 0.1) is 11.8 Å². The van der Waals surface area contributed by atoms with Gasteiger partial charge in [0.1, 0.15) is 0 Å². The normalized spacial score (nSPS) is 34.8. The lowest BCUT2D eigenvalue weighted by molar-refractivity contribution is 0.148. The van der Waals surface area contributed by atoms with E-state index in [1.165, 1.54) is 32.5 Å². The first-order valence-corrected chi connectivity index (χ1v) is 6.38. The van der Waals surface area contributed by atoms with Crippen LogP contribution in [0.25, 0.3) is 0 Å². The summed E-state index contributed by atoms with van der Waals surface area (Å²) in [6.07, 6.45) is 2.63. The van der Waals surface area contributed by atoms with Crippen molar-refractivity contribution < 1.29 is 4.74 Å². The monoisotopic (exact) mass is 247 g/mol. The topological polar surface area (TPSA) is 12.5 Å². The number of ether oxygens (including phenoxy) is 1. The summed E-state index contributed by atoms with van der Waals surface area (Å²) in [6.45, 7) is 5.86. The molecule has 0 amide bonds. The highest BCUT2D eigenvalue weighted by Gasteiger charge is 2.33. The van der Waals surface area contributed by atoms with Gasteiger partial charge in [-0.3, -0.25) is 0 Å². The Morgan fingerprint density at radius 3 is 3.00 bits per heavy atom. The van der Waals surface area contributed by atoms with Crippen LogP contribution in [0.4, 0.5) is 0 Å². The van der Waals surface area contributed by atoms with Gasteiger partial charge in [0.25, 0.3) is 0 Å². The van der Waals surface area contributed by atoms with Crippen molar-refractivity contribution in [2.24, 2.45) is 11.8 Å². The van der Waals surface area contributed by atoms with Gasteiger partial charge in [0.15, 0.2) is 0 Å². The van der Waals surface area contributed by atoms with E-state index in [2.05, 4.69) is 20.8 Å². The molecule has 0 radical (unpaired) electrons. The quantitative estimate of drug-likeness (QED) is 0.705. The van der Waals surface area contributed by atoms with Gasteiger partial charge >= 0.3 is 0 Å². The molecule has 2 saturated heterocycles. The summed E-state index contributed by atoms with van der Waals surface area (Å²) >= 11 is 3.48. The van der Waals surface area contributed by atoms with Gasteiger partial charge in [0.2, 0.25) is 0 Å². The Bertz CT molecular complexity index is 165. The molecule has 0 N–H and O–H groups in total. The van der Waals surface area contributed by atoms with Crippen LogP contribution < -0.4 is 0 Å². The minimum atomic E-state index is 0.837. The zero-order valence-electron chi connectivity index (χ0n) is 8.04. The van der Waals surface area contributed by atoms with Gasteiger partial charge < -0.3 is 9.64 Å². The summed E-state index contributed by atoms with van der Waals surface area (Å²) in [7, 11) is 0. The Morgan fingerprint density at radius 2 is 2.15 bits per heavy atom. The van der Waals surface area contributed by atoms with E-state index in [1.807, 2.05) is 0 Å². The first kappa shape index (κ1) is 9.94. The number of likely N-dealkylation sites (tertiary alicyclic amines) is 1. The molecule has 2 rings (SSSR count). The van der Waals surface area contributed by atoms with Crippen LogP contribution in [-0.2, 0) is 4.74 Å². The van der Waals surface area contributed by atoms with Gasteiger partial charge in [-0.1, -0.05) is 15.9 Å². The van der Waals surface area contributed by atoms with E-state index in [0.29, 0.717) is 0 Å². The lowest BCUT2D eigenvalue weighted by Crippen LogP contribution is -2.40. The summed E-state index contributed by atoms with van der Waals surface area (Å²) in [6, 6.07) is 0. The highest BCUT2D eigenvalue weighted by molar-refractivity contribution is 9.09. The predicted octanol–water partition coefficient (Wildman–Crippen LogP) is 1.74. The van der Waals surface area contributed by atoms with E-state index >= 15 is 0 Å². The highest BCUT2D eigenvalue weighted by atomic mass is 79.9. The Hall–Kier alpha value is 0.400. The van der Waals surface area contributed by atoms with Crippen molar-refractivity contribution in [3.05, 3.63) is 0 Å². The molecule has 0 aromatic heterocycles. The summed E-state index contributed by atoms with van der Waals surface area (Å²) in [4.78, 5) is 2.59. The Balaban J connectivity index is 1.76. The van der Waals surface area contributed by atoms with E-state index in [1.54, 1.807) is 0 Å². The van der Waals surface area contributed by atoms with Crippen LogP contribution in [0.1, 0.15) is 12.8 Å². The maximum atomic E-state index is 5.51. The van der Waals surface area contributed by atoms with Gasteiger partial charge in [-0.05, 0) is 31.8 Å². The number of fused-ring (bicyclic) bond motifs is 1. The Labute approximate surface area is 88.8 Å². The average molecular weight is 248 g/mol. The molecule has 2 aliphatic heterocycles. The maximum absolute atomic E-state index is 5.51. The van der Waals surface area contributed by atoms with Gasteiger partial charge in [0.05, 0.1) is 6.61 Å². The van der Waals surface area contributed by atoms with Crippen LogP contribution >= 0.6 is 15.9 Å². The van der Waals surface area contributed by atoms with E-state index in [4.69, 9.17) is 4.74 Å². The second-order valence-corrected chi connectivity index (χ2v) is 4.98. The first-order valence-electron chi connectivity index (χ1n) is 5.26. The molecule has 3 heteroatoms. The largest absolute Gasteiger partial charge is 0.381 e. The van der Waals surface area contributed by atoms with E-state index in [0.717, 1.165) is 30.4 Å². The SMILES string of the molecule is BrCCCN1CCC2COCC2C1. The predicted molar refractivity (Wildman–Crippen MR) is 57.3 cm³/mol. The second kappa shape index (κ2) is 4.76. The molecule has 76 valence electrons.